The number of nitrogens with one attached hydrogen (secondary N) is 1. The lowest BCUT2D eigenvalue weighted by Crippen LogP contribution is -2.42. The van der Waals surface area contributed by atoms with Gasteiger partial charge in [-0.15, -0.1) is 0 Å². The summed E-state index contributed by atoms with van der Waals surface area (Å²) < 4.78 is 0. The molecule has 0 saturated carbocycles. The third-order valence-corrected chi connectivity index (χ3v) is 4.91. The van der Waals surface area contributed by atoms with Crippen LogP contribution in [0, 0.1) is 5.92 Å². The maximum Gasteiger partial charge on any atom is 0.0791 e. The Morgan fingerprint density at radius 3 is 2.39 bits per heavy atom. The van der Waals surface area contributed by atoms with Crippen molar-refractivity contribution in [3.63, 3.8) is 0 Å². The van der Waals surface area contributed by atoms with E-state index in [9.17, 15) is 5.11 Å². The second-order valence-corrected chi connectivity index (χ2v) is 7.25. The average Bonchev–Trinajstić information content (AvgIpc) is 2.55. The highest BCUT2D eigenvalue weighted by Gasteiger charge is 2.18. The highest BCUT2D eigenvalue weighted by Crippen LogP contribution is 2.18. The minimum absolute atomic E-state index is 0.252. The molecule has 1 fully saturated rings. The number of aliphatic hydroxyl groups is 1. The van der Waals surface area contributed by atoms with Crippen LogP contribution < -0.4 is 10.2 Å². The minimum Gasteiger partial charge on any atom is -0.390 e. The molecule has 1 aromatic rings. The third-order valence-electron chi connectivity index (χ3n) is 4.91. The van der Waals surface area contributed by atoms with Gasteiger partial charge in [-0.1, -0.05) is 19.1 Å². The van der Waals surface area contributed by atoms with Crippen molar-refractivity contribution in [3.8, 4) is 0 Å². The van der Waals surface area contributed by atoms with Gasteiger partial charge < -0.3 is 20.2 Å². The first-order valence-corrected chi connectivity index (χ1v) is 8.86. The Balaban J connectivity index is 1.73. The SMILES string of the molecule is CC1CCN(CC(O)CNC(C)c2ccc(N(C)C)cc2)CC1. The summed E-state index contributed by atoms with van der Waals surface area (Å²) >= 11 is 0. The van der Waals surface area contributed by atoms with Crippen LogP contribution in [0.5, 0.6) is 0 Å². The first-order chi connectivity index (χ1) is 11.0. The molecule has 2 unspecified atom stereocenters. The van der Waals surface area contributed by atoms with Gasteiger partial charge in [0.05, 0.1) is 6.10 Å². The van der Waals surface area contributed by atoms with E-state index in [-0.39, 0.29) is 12.1 Å². The zero-order valence-corrected chi connectivity index (χ0v) is 15.1. The van der Waals surface area contributed by atoms with Crippen molar-refractivity contribution in [1.82, 2.24) is 10.2 Å². The standard InChI is InChI=1S/C19H33N3O/c1-15-9-11-22(12-10-15)14-19(23)13-20-16(2)17-5-7-18(8-6-17)21(3)4/h5-8,15-16,19-20,23H,9-14H2,1-4H3. The number of hydrogen-bond donors (Lipinski definition) is 2. The Labute approximate surface area is 141 Å². The number of likely N-dealkylation sites (tertiary alicyclic amines) is 1. The molecule has 2 atom stereocenters. The molecule has 1 aromatic carbocycles. The van der Waals surface area contributed by atoms with Crippen LogP contribution in [0.15, 0.2) is 24.3 Å². The fraction of sp³-hybridized carbons (Fsp3) is 0.684. The van der Waals surface area contributed by atoms with E-state index in [4.69, 9.17) is 0 Å². The zero-order valence-electron chi connectivity index (χ0n) is 15.1. The van der Waals surface area contributed by atoms with Crippen molar-refractivity contribution < 1.29 is 5.11 Å². The number of nitrogens with zero attached hydrogens (tertiary/aromatic N) is 2. The van der Waals surface area contributed by atoms with E-state index in [1.165, 1.54) is 24.1 Å². The molecule has 0 bridgehead atoms. The lowest BCUT2D eigenvalue weighted by molar-refractivity contribution is 0.0892. The van der Waals surface area contributed by atoms with Crippen LogP contribution in [0.3, 0.4) is 0 Å². The minimum atomic E-state index is -0.299. The van der Waals surface area contributed by atoms with Crippen LogP contribution >= 0.6 is 0 Å². The van der Waals surface area contributed by atoms with Crippen molar-refractivity contribution in [3.05, 3.63) is 29.8 Å². The molecular formula is C19H33N3O. The van der Waals surface area contributed by atoms with Crippen LogP contribution in [0.1, 0.15) is 38.3 Å². The number of hydrogen-bond acceptors (Lipinski definition) is 4. The average molecular weight is 319 g/mol. The number of benzene rings is 1. The summed E-state index contributed by atoms with van der Waals surface area (Å²) in [5.41, 5.74) is 2.47. The maximum absolute atomic E-state index is 10.3. The summed E-state index contributed by atoms with van der Waals surface area (Å²) in [7, 11) is 4.10. The lowest BCUT2D eigenvalue weighted by Gasteiger charge is -2.32. The van der Waals surface area contributed by atoms with Gasteiger partial charge >= 0.3 is 0 Å². The van der Waals surface area contributed by atoms with Gasteiger partial charge in [-0.05, 0) is 56.5 Å². The first kappa shape index (κ1) is 18.2. The molecule has 1 aliphatic heterocycles. The molecule has 4 heteroatoms. The molecule has 1 heterocycles. The Hall–Kier alpha value is -1.10. The number of rotatable bonds is 7. The number of β-amino-alcohol motifs (C(OH)–C–C–N with tert-alkyl or cyclic N) is 1. The van der Waals surface area contributed by atoms with Crippen LogP contribution in [0.25, 0.3) is 0 Å². The van der Waals surface area contributed by atoms with E-state index in [2.05, 4.69) is 53.2 Å². The van der Waals surface area contributed by atoms with Crippen molar-refractivity contribution in [2.45, 2.75) is 38.8 Å². The predicted octanol–water partition coefficient (Wildman–Crippen LogP) is 2.50. The van der Waals surface area contributed by atoms with Gasteiger partial charge in [-0.2, -0.15) is 0 Å². The van der Waals surface area contributed by atoms with E-state index in [1.807, 2.05) is 14.1 Å². The molecule has 0 radical (unpaired) electrons. The van der Waals surface area contributed by atoms with E-state index in [0.717, 1.165) is 25.6 Å². The normalized spacial score (nSPS) is 19.5. The lowest BCUT2D eigenvalue weighted by atomic mass is 9.99. The van der Waals surface area contributed by atoms with Gasteiger partial charge in [-0.3, -0.25) is 0 Å². The maximum atomic E-state index is 10.3. The van der Waals surface area contributed by atoms with Crippen LogP contribution in [-0.4, -0.2) is 56.4 Å². The summed E-state index contributed by atoms with van der Waals surface area (Å²) in [4.78, 5) is 4.49. The monoisotopic (exact) mass is 319 g/mol. The van der Waals surface area contributed by atoms with Gasteiger partial charge in [-0.25, -0.2) is 0 Å². The fourth-order valence-electron chi connectivity index (χ4n) is 3.10. The highest BCUT2D eigenvalue weighted by atomic mass is 16.3. The summed E-state index contributed by atoms with van der Waals surface area (Å²) in [6, 6.07) is 8.84. The first-order valence-electron chi connectivity index (χ1n) is 8.86. The fourth-order valence-corrected chi connectivity index (χ4v) is 3.10. The molecule has 2 N–H and O–H groups in total. The second-order valence-electron chi connectivity index (χ2n) is 7.25. The quantitative estimate of drug-likeness (QED) is 0.810. The molecule has 23 heavy (non-hydrogen) atoms. The topological polar surface area (TPSA) is 38.7 Å². The Kier molecular flexibility index (Phi) is 6.88. The highest BCUT2D eigenvalue weighted by molar-refractivity contribution is 5.46. The van der Waals surface area contributed by atoms with Gasteiger partial charge in [0.2, 0.25) is 0 Å². The molecule has 1 aliphatic rings. The molecule has 130 valence electrons. The van der Waals surface area contributed by atoms with Gasteiger partial charge in [0.15, 0.2) is 0 Å². The van der Waals surface area contributed by atoms with Crippen molar-refractivity contribution in [2.75, 3.05) is 45.2 Å². The summed E-state index contributed by atoms with van der Waals surface area (Å²) in [5.74, 6) is 0.840. The van der Waals surface area contributed by atoms with Crippen LogP contribution in [-0.2, 0) is 0 Å². The molecule has 0 amide bonds. The largest absolute Gasteiger partial charge is 0.390 e. The number of piperidine rings is 1. The van der Waals surface area contributed by atoms with Gasteiger partial charge in [0, 0.05) is 38.9 Å². The molecule has 2 rings (SSSR count). The van der Waals surface area contributed by atoms with E-state index < -0.39 is 0 Å². The van der Waals surface area contributed by atoms with Crippen LogP contribution in [0.2, 0.25) is 0 Å². The molecule has 0 aliphatic carbocycles. The molecule has 1 saturated heterocycles. The summed E-state index contributed by atoms with van der Waals surface area (Å²) in [6.45, 7) is 8.15. The Bertz CT molecular complexity index is 452. The second kappa shape index (κ2) is 8.67. The number of anilines is 1. The van der Waals surface area contributed by atoms with Crippen molar-refractivity contribution in [1.29, 1.82) is 0 Å². The Morgan fingerprint density at radius 1 is 1.22 bits per heavy atom. The molecule has 0 aromatic heterocycles. The van der Waals surface area contributed by atoms with E-state index in [0.29, 0.717) is 6.54 Å². The predicted molar refractivity (Wildman–Crippen MR) is 98.0 cm³/mol. The van der Waals surface area contributed by atoms with Crippen LogP contribution in [0.4, 0.5) is 5.69 Å². The smallest absolute Gasteiger partial charge is 0.0791 e. The zero-order chi connectivity index (χ0) is 16.8. The van der Waals surface area contributed by atoms with Gasteiger partial charge in [0.25, 0.3) is 0 Å². The van der Waals surface area contributed by atoms with Crippen molar-refractivity contribution >= 4 is 5.69 Å². The van der Waals surface area contributed by atoms with Crippen molar-refractivity contribution in [2.24, 2.45) is 5.92 Å². The van der Waals surface area contributed by atoms with E-state index >= 15 is 0 Å². The molecular weight excluding hydrogens is 286 g/mol. The molecule has 0 spiro atoms. The summed E-state index contributed by atoms with van der Waals surface area (Å²) in [6.07, 6.45) is 2.22. The van der Waals surface area contributed by atoms with Gasteiger partial charge in [0.1, 0.15) is 0 Å². The number of aliphatic hydroxyl groups excluding tert-OH is 1. The van der Waals surface area contributed by atoms with E-state index in [1.54, 1.807) is 0 Å². The summed E-state index contributed by atoms with van der Waals surface area (Å²) in [5, 5.41) is 13.7. The third kappa shape index (κ3) is 5.79. The Morgan fingerprint density at radius 2 is 1.83 bits per heavy atom. The molecule has 4 nitrogen and oxygen atoms in total.